The largest absolute Gasteiger partial charge is 0.351 e. The fraction of sp³-hybridized carbons (Fsp3) is 0.909. The van der Waals surface area contributed by atoms with Crippen molar-refractivity contribution in [2.45, 2.75) is 31.7 Å². The lowest BCUT2D eigenvalue weighted by Gasteiger charge is -2.39. The van der Waals surface area contributed by atoms with E-state index in [9.17, 15) is 4.79 Å². The van der Waals surface area contributed by atoms with Crippen molar-refractivity contribution in [3.63, 3.8) is 0 Å². The lowest BCUT2D eigenvalue weighted by molar-refractivity contribution is -0.125. The molecule has 0 aromatic rings. The van der Waals surface area contributed by atoms with Gasteiger partial charge in [0, 0.05) is 11.5 Å². The number of carbonyl (C=O) groups excluding carboxylic acids is 1. The van der Waals surface area contributed by atoms with Crippen LogP contribution in [0.4, 0.5) is 0 Å². The fourth-order valence-corrected chi connectivity index (χ4v) is 3.02. The Bertz CT molecular complexity index is 268. The molecule has 2 N–H and O–H groups in total. The Kier molecular flexibility index (Phi) is 2.72. The van der Waals surface area contributed by atoms with Gasteiger partial charge >= 0.3 is 0 Å². The molecule has 0 spiro atoms. The van der Waals surface area contributed by atoms with Crippen LogP contribution in [0, 0.1) is 17.8 Å². The predicted octanol–water partition coefficient (Wildman–Crippen LogP) is 0.932. The highest BCUT2D eigenvalue weighted by atomic mass is 35.5. The lowest BCUT2D eigenvalue weighted by atomic mass is 9.78. The molecule has 1 amide bonds. The Morgan fingerprint density at radius 1 is 1.33 bits per heavy atom. The number of hydrogen-bond acceptors (Lipinski definition) is 2. The minimum atomic E-state index is 0. The molecule has 0 aromatic carbocycles. The molecule has 4 heteroatoms. The summed E-state index contributed by atoms with van der Waals surface area (Å²) in [7, 11) is 0. The third kappa shape index (κ3) is 1.76. The zero-order valence-corrected chi connectivity index (χ0v) is 9.90. The van der Waals surface area contributed by atoms with Gasteiger partial charge in [-0.05, 0) is 51.1 Å². The van der Waals surface area contributed by atoms with Crippen molar-refractivity contribution in [1.82, 2.24) is 10.6 Å². The molecule has 1 saturated heterocycles. The van der Waals surface area contributed by atoms with E-state index in [0.29, 0.717) is 23.7 Å². The molecule has 2 aliphatic carbocycles. The SMILES string of the molecule is CC1(NC(=O)C2[C@H]3CNC[C@@H]23)CCC1.Cl. The van der Waals surface area contributed by atoms with Crippen molar-refractivity contribution in [1.29, 1.82) is 0 Å². The van der Waals surface area contributed by atoms with Crippen molar-refractivity contribution >= 4 is 18.3 Å². The summed E-state index contributed by atoms with van der Waals surface area (Å²) >= 11 is 0. The normalized spacial score (nSPS) is 39.7. The van der Waals surface area contributed by atoms with Crippen LogP contribution in [0.3, 0.4) is 0 Å². The van der Waals surface area contributed by atoms with Crippen LogP contribution in [-0.2, 0) is 4.79 Å². The van der Waals surface area contributed by atoms with E-state index in [1.807, 2.05) is 0 Å². The summed E-state index contributed by atoms with van der Waals surface area (Å²) in [6.45, 7) is 4.28. The maximum absolute atomic E-state index is 11.9. The number of halogens is 1. The molecule has 15 heavy (non-hydrogen) atoms. The van der Waals surface area contributed by atoms with Crippen LogP contribution in [0.15, 0.2) is 0 Å². The zero-order valence-electron chi connectivity index (χ0n) is 9.08. The summed E-state index contributed by atoms with van der Waals surface area (Å²) in [6, 6.07) is 0. The van der Waals surface area contributed by atoms with Gasteiger partial charge in [0.2, 0.25) is 5.91 Å². The Balaban J connectivity index is 0.000000853. The van der Waals surface area contributed by atoms with Crippen molar-refractivity contribution in [2.75, 3.05) is 13.1 Å². The van der Waals surface area contributed by atoms with Crippen molar-refractivity contribution in [3.05, 3.63) is 0 Å². The highest BCUT2D eigenvalue weighted by Gasteiger charge is 2.57. The summed E-state index contributed by atoms with van der Waals surface area (Å²) in [5.41, 5.74) is 0.140. The third-order valence-corrected chi connectivity index (χ3v) is 4.28. The molecular formula is C11H19ClN2O. The molecule has 1 heterocycles. The average Bonchev–Trinajstić information content (AvgIpc) is 2.59. The Hall–Kier alpha value is -0.280. The Morgan fingerprint density at radius 2 is 1.93 bits per heavy atom. The molecule has 3 aliphatic rings. The smallest absolute Gasteiger partial charge is 0.224 e. The highest BCUT2D eigenvalue weighted by molar-refractivity contribution is 5.85. The number of amides is 1. The predicted molar refractivity (Wildman–Crippen MR) is 61.0 cm³/mol. The molecule has 3 atom stereocenters. The molecule has 1 unspecified atom stereocenters. The second-order valence-electron chi connectivity index (χ2n) is 5.42. The van der Waals surface area contributed by atoms with E-state index in [1.54, 1.807) is 0 Å². The van der Waals surface area contributed by atoms with Crippen LogP contribution in [0.2, 0.25) is 0 Å². The van der Waals surface area contributed by atoms with E-state index in [-0.39, 0.29) is 17.9 Å². The number of carbonyl (C=O) groups is 1. The standard InChI is InChI=1S/C11H18N2O.ClH/c1-11(3-2-4-11)13-10(14)9-7-5-12-6-8(7)9;/h7-9,12H,2-6H2,1H3,(H,13,14);1H/t7-,8+,9?;. The number of rotatable bonds is 2. The summed E-state index contributed by atoms with van der Waals surface area (Å²) < 4.78 is 0. The molecule has 3 nitrogen and oxygen atoms in total. The van der Waals surface area contributed by atoms with E-state index in [2.05, 4.69) is 17.6 Å². The molecule has 1 aliphatic heterocycles. The minimum absolute atomic E-state index is 0. The first-order valence-electron chi connectivity index (χ1n) is 5.72. The minimum Gasteiger partial charge on any atom is -0.351 e. The van der Waals surface area contributed by atoms with Crippen LogP contribution in [-0.4, -0.2) is 24.5 Å². The van der Waals surface area contributed by atoms with E-state index in [0.717, 1.165) is 13.1 Å². The number of hydrogen-bond donors (Lipinski definition) is 2. The van der Waals surface area contributed by atoms with Gasteiger partial charge in [0.15, 0.2) is 0 Å². The maximum atomic E-state index is 11.9. The molecule has 0 bridgehead atoms. The summed E-state index contributed by atoms with van der Waals surface area (Å²) in [4.78, 5) is 11.9. The molecule has 0 radical (unpaired) electrons. The molecule has 3 rings (SSSR count). The number of fused-ring (bicyclic) bond motifs is 1. The van der Waals surface area contributed by atoms with Crippen LogP contribution in [0.1, 0.15) is 26.2 Å². The van der Waals surface area contributed by atoms with Crippen molar-refractivity contribution in [2.24, 2.45) is 17.8 Å². The average molecular weight is 231 g/mol. The lowest BCUT2D eigenvalue weighted by Crippen LogP contribution is -2.52. The van der Waals surface area contributed by atoms with Gasteiger partial charge in [-0.1, -0.05) is 0 Å². The van der Waals surface area contributed by atoms with Crippen LogP contribution >= 0.6 is 12.4 Å². The monoisotopic (exact) mass is 230 g/mol. The van der Waals surface area contributed by atoms with E-state index in [1.165, 1.54) is 19.3 Å². The summed E-state index contributed by atoms with van der Waals surface area (Å²) in [5, 5.41) is 6.53. The second kappa shape index (κ2) is 3.63. The van der Waals surface area contributed by atoms with E-state index in [4.69, 9.17) is 0 Å². The van der Waals surface area contributed by atoms with Gasteiger partial charge in [0.1, 0.15) is 0 Å². The molecule has 86 valence electrons. The first kappa shape index (κ1) is 11.2. The first-order chi connectivity index (χ1) is 6.70. The Labute approximate surface area is 96.8 Å². The number of nitrogens with one attached hydrogen (secondary N) is 2. The van der Waals surface area contributed by atoms with Gasteiger partial charge in [0.05, 0.1) is 0 Å². The van der Waals surface area contributed by atoms with Gasteiger partial charge < -0.3 is 10.6 Å². The fourth-order valence-electron chi connectivity index (χ4n) is 3.02. The van der Waals surface area contributed by atoms with Gasteiger partial charge in [0.25, 0.3) is 0 Å². The second-order valence-corrected chi connectivity index (χ2v) is 5.42. The first-order valence-corrected chi connectivity index (χ1v) is 5.72. The third-order valence-electron chi connectivity index (χ3n) is 4.28. The van der Waals surface area contributed by atoms with Crippen molar-refractivity contribution in [3.8, 4) is 0 Å². The number of piperidine rings is 1. The van der Waals surface area contributed by atoms with Crippen LogP contribution in [0.5, 0.6) is 0 Å². The van der Waals surface area contributed by atoms with Gasteiger partial charge in [-0.3, -0.25) is 4.79 Å². The highest BCUT2D eigenvalue weighted by Crippen LogP contribution is 2.49. The molecule has 0 aromatic heterocycles. The van der Waals surface area contributed by atoms with Crippen molar-refractivity contribution < 1.29 is 4.79 Å². The Morgan fingerprint density at radius 3 is 2.40 bits per heavy atom. The quantitative estimate of drug-likeness (QED) is 0.741. The van der Waals surface area contributed by atoms with E-state index >= 15 is 0 Å². The topological polar surface area (TPSA) is 41.1 Å². The zero-order chi connectivity index (χ0) is 9.76. The maximum Gasteiger partial charge on any atom is 0.224 e. The van der Waals surface area contributed by atoms with Crippen LogP contribution < -0.4 is 10.6 Å². The molecular weight excluding hydrogens is 212 g/mol. The summed E-state index contributed by atoms with van der Waals surface area (Å²) in [5.74, 6) is 1.97. The van der Waals surface area contributed by atoms with Crippen LogP contribution in [0.25, 0.3) is 0 Å². The molecule has 2 saturated carbocycles. The molecule has 3 fully saturated rings. The van der Waals surface area contributed by atoms with Gasteiger partial charge in [-0.2, -0.15) is 0 Å². The van der Waals surface area contributed by atoms with E-state index < -0.39 is 0 Å². The van der Waals surface area contributed by atoms with Gasteiger partial charge in [-0.25, -0.2) is 0 Å². The summed E-state index contributed by atoms with van der Waals surface area (Å²) in [6.07, 6.45) is 3.61. The van der Waals surface area contributed by atoms with Gasteiger partial charge in [-0.15, -0.1) is 12.4 Å².